The zero-order chi connectivity index (χ0) is 27.2. The molecule has 3 aromatic carbocycles. The zero-order valence-electron chi connectivity index (χ0n) is 20.1. The monoisotopic (exact) mass is 552 g/mol. The van der Waals surface area contributed by atoms with E-state index in [2.05, 4.69) is 10.6 Å². The predicted molar refractivity (Wildman–Crippen MR) is 139 cm³/mol. The van der Waals surface area contributed by atoms with E-state index in [0.717, 1.165) is 18.2 Å². The van der Waals surface area contributed by atoms with Gasteiger partial charge in [-0.2, -0.15) is 13.2 Å². The molecule has 11 heteroatoms. The fraction of sp³-hybridized carbons (Fsp3) is 0.231. The van der Waals surface area contributed by atoms with Gasteiger partial charge in [0.15, 0.2) is 0 Å². The number of carbonyl (C=O) groups is 2. The van der Waals surface area contributed by atoms with E-state index in [0.29, 0.717) is 28.5 Å². The molecule has 0 saturated heterocycles. The molecule has 0 bridgehead atoms. The minimum atomic E-state index is -4.57. The lowest BCUT2D eigenvalue weighted by Gasteiger charge is -2.17. The third-order valence-corrected chi connectivity index (χ3v) is 6.93. The number of methoxy groups -OCH3 is 2. The first kappa shape index (κ1) is 28.2. The summed E-state index contributed by atoms with van der Waals surface area (Å²) in [6.45, 7) is 1.78. The number of rotatable bonds is 9. The van der Waals surface area contributed by atoms with E-state index in [1.54, 1.807) is 49.4 Å². The van der Waals surface area contributed by atoms with Crippen molar-refractivity contribution in [2.24, 2.45) is 0 Å². The van der Waals surface area contributed by atoms with E-state index in [9.17, 15) is 22.8 Å². The molecule has 0 aliphatic carbocycles. The van der Waals surface area contributed by atoms with Crippen LogP contribution in [0.1, 0.15) is 29.3 Å². The van der Waals surface area contributed by atoms with Crippen LogP contribution in [0.4, 0.5) is 24.5 Å². The molecule has 0 radical (unpaired) electrons. The highest BCUT2D eigenvalue weighted by Gasteiger charge is 2.31. The maximum atomic E-state index is 13.1. The van der Waals surface area contributed by atoms with Gasteiger partial charge in [-0.1, -0.05) is 30.7 Å². The van der Waals surface area contributed by atoms with Crippen molar-refractivity contribution in [3.63, 3.8) is 0 Å². The molecule has 0 aliphatic heterocycles. The SMILES string of the molecule is CCC(Sc1cccc(NC(=O)c2c(OC)cccc2OC)c1)C(=O)Nc1cc(C(F)(F)F)ccc1Cl. The predicted octanol–water partition coefficient (Wildman–Crippen LogP) is 7.14. The van der Waals surface area contributed by atoms with Crippen LogP contribution in [0.5, 0.6) is 11.5 Å². The summed E-state index contributed by atoms with van der Waals surface area (Å²) in [6.07, 6.45) is -4.18. The third-order valence-electron chi connectivity index (χ3n) is 5.24. The van der Waals surface area contributed by atoms with Crippen molar-refractivity contribution >= 4 is 46.6 Å². The standard InChI is InChI=1S/C26H24ClF3N2O4S/c1-4-22(24(33)32-19-13-15(26(28,29)30)11-12-18(19)27)37-17-8-5-7-16(14-17)31-25(34)23-20(35-2)9-6-10-21(23)36-3/h5-14,22H,4H2,1-3H3,(H,31,34)(H,32,33). The zero-order valence-corrected chi connectivity index (χ0v) is 21.7. The first-order valence-corrected chi connectivity index (χ1v) is 12.3. The maximum absolute atomic E-state index is 13.1. The van der Waals surface area contributed by atoms with Crippen LogP contribution in [0.3, 0.4) is 0 Å². The van der Waals surface area contributed by atoms with E-state index < -0.39 is 28.8 Å². The molecule has 0 saturated carbocycles. The molecule has 1 atom stereocenters. The Balaban J connectivity index is 1.75. The Kier molecular flexibility index (Phi) is 9.34. The minimum Gasteiger partial charge on any atom is -0.496 e. The molecule has 2 amide bonds. The van der Waals surface area contributed by atoms with Crippen LogP contribution in [0.25, 0.3) is 0 Å². The van der Waals surface area contributed by atoms with Crippen molar-refractivity contribution < 1.29 is 32.2 Å². The van der Waals surface area contributed by atoms with Crippen LogP contribution >= 0.6 is 23.4 Å². The van der Waals surface area contributed by atoms with Crippen LogP contribution < -0.4 is 20.1 Å². The number of carbonyl (C=O) groups excluding carboxylic acids is 2. The lowest BCUT2D eigenvalue weighted by Crippen LogP contribution is -2.25. The van der Waals surface area contributed by atoms with Crippen LogP contribution in [0.2, 0.25) is 5.02 Å². The molecule has 37 heavy (non-hydrogen) atoms. The highest BCUT2D eigenvalue weighted by atomic mass is 35.5. The summed E-state index contributed by atoms with van der Waals surface area (Å²) >= 11 is 7.22. The fourth-order valence-corrected chi connectivity index (χ4v) is 4.59. The maximum Gasteiger partial charge on any atom is 0.416 e. The van der Waals surface area contributed by atoms with Gasteiger partial charge in [0.05, 0.1) is 35.7 Å². The Morgan fingerprint density at radius 1 is 0.973 bits per heavy atom. The lowest BCUT2D eigenvalue weighted by atomic mass is 10.1. The number of halogens is 4. The number of ether oxygens (including phenoxy) is 2. The topological polar surface area (TPSA) is 76.7 Å². The van der Waals surface area contributed by atoms with Gasteiger partial charge in [0, 0.05) is 10.6 Å². The molecule has 0 fully saturated rings. The van der Waals surface area contributed by atoms with Crippen molar-refractivity contribution in [1.82, 2.24) is 0 Å². The van der Waals surface area contributed by atoms with Crippen LogP contribution in [0, 0.1) is 0 Å². The molecule has 0 spiro atoms. The van der Waals surface area contributed by atoms with Gasteiger partial charge in [-0.3, -0.25) is 9.59 Å². The Hall–Kier alpha value is -3.37. The van der Waals surface area contributed by atoms with Gasteiger partial charge in [0.25, 0.3) is 5.91 Å². The molecule has 3 rings (SSSR count). The van der Waals surface area contributed by atoms with Crippen molar-refractivity contribution in [2.75, 3.05) is 24.9 Å². The summed E-state index contributed by atoms with van der Waals surface area (Å²) in [4.78, 5) is 26.5. The lowest BCUT2D eigenvalue weighted by molar-refractivity contribution is -0.137. The van der Waals surface area contributed by atoms with E-state index in [1.807, 2.05) is 0 Å². The summed E-state index contributed by atoms with van der Waals surface area (Å²) < 4.78 is 49.8. The molecule has 0 heterocycles. The highest BCUT2D eigenvalue weighted by Crippen LogP contribution is 2.35. The highest BCUT2D eigenvalue weighted by molar-refractivity contribution is 8.00. The van der Waals surface area contributed by atoms with Gasteiger partial charge < -0.3 is 20.1 Å². The fourth-order valence-electron chi connectivity index (χ4n) is 3.41. The van der Waals surface area contributed by atoms with Crippen molar-refractivity contribution in [2.45, 2.75) is 29.7 Å². The Labute approximate surface area is 221 Å². The van der Waals surface area contributed by atoms with E-state index >= 15 is 0 Å². The first-order valence-electron chi connectivity index (χ1n) is 11.0. The van der Waals surface area contributed by atoms with E-state index in [4.69, 9.17) is 21.1 Å². The summed E-state index contributed by atoms with van der Waals surface area (Å²) in [6, 6.07) is 14.6. The second kappa shape index (κ2) is 12.2. The van der Waals surface area contributed by atoms with Crippen molar-refractivity contribution in [3.8, 4) is 11.5 Å². The molecule has 2 N–H and O–H groups in total. The van der Waals surface area contributed by atoms with Gasteiger partial charge in [-0.15, -0.1) is 11.8 Å². The number of hydrogen-bond acceptors (Lipinski definition) is 5. The van der Waals surface area contributed by atoms with E-state index in [-0.39, 0.29) is 16.3 Å². The average molecular weight is 553 g/mol. The normalized spacial score (nSPS) is 12.0. The number of alkyl halides is 3. The summed E-state index contributed by atoms with van der Waals surface area (Å²) in [5.41, 5.74) is -0.330. The summed E-state index contributed by atoms with van der Waals surface area (Å²) in [5.74, 6) is -0.251. The molecular formula is C26H24ClF3N2O4S. The number of benzene rings is 3. The number of thioether (sulfide) groups is 1. The van der Waals surface area contributed by atoms with Gasteiger partial charge in [-0.05, 0) is 55.0 Å². The number of anilines is 2. The molecule has 0 aromatic heterocycles. The Morgan fingerprint density at radius 2 is 1.62 bits per heavy atom. The van der Waals surface area contributed by atoms with Gasteiger partial charge in [0.2, 0.25) is 5.91 Å². The largest absolute Gasteiger partial charge is 0.496 e. The van der Waals surface area contributed by atoms with Gasteiger partial charge >= 0.3 is 6.18 Å². The van der Waals surface area contributed by atoms with Crippen LogP contribution in [-0.2, 0) is 11.0 Å². The number of amides is 2. The van der Waals surface area contributed by atoms with Crippen molar-refractivity contribution in [1.29, 1.82) is 0 Å². The molecular weight excluding hydrogens is 529 g/mol. The summed E-state index contributed by atoms with van der Waals surface area (Å²) in [5, 5.41) is 4.66. The molecule has 3 aromatic rings. The van der Waals surface area contributed by atoms with Crippen LogP contribution in [0.15, 0.2) is 65.6 Å². The molecule has 1 unspecified atom stereocenters. The average Bonchev–Trinajstić information content (AvgIpc) is 2.87. The minimum absolute atomic E-state index is 0.00215. The van der Waals surface area contributed by atoms with Gasteiger partial charge in [0.1, 0.15) is 17.1 Å². The Morgan fingerprint density at radius 3 is 2.22 bits per heavy atom. The van der Waals surface area contributed by atoms with Crippen LogP contribution in [-0.4, -0.2) is 31.3 Å². The molecule has 196 valence electrons. The first-order chi connectivity index (χ1) is 17.6. The number of hydrogen-bond donors (Lipinski definition) is 2. The van der Waals surface area contributed by atoms with Crippen molar-refractivity contribution in [3.05, 3.63) is 76.8 Å². The number of nitrogens with one attached hydrogen (secondary N) is 2. The Bertz CT molecular complexity index is 1260. The second-order valence-electron chi connectivity index (χ2n) is 7.72. The quantitative estimate of drug-likeness (QED) is 0.276. The molecule has 6 nitrogen and oxygen atoms in total. The van der Waals surface area contributed by atoms with Gasteiger partial charge in [-0.25, -0.2) is 0 Å². The summed E-state index contributed by atoms with van der Waals surface area (Å²) in [7, 11) is 2.90. The third kappa shape index (κ3) is 7.11. The van der Waals surface area contributed by atoms with E-state index in [1.165, 1.54) is 26.0 Å². The molecule has 0 aliphatic rings. The second-order valence-corrected chi connectivity index (χ2v) is 9.40. The smallest absolute Gasteiger partial charge is 0.416 e.